The summed E-state index contributed by atoms with van der Waals surface area (Å²) in [4.78, 5) is 11.3. The molecule has 5 heteroatoms. The number of hydrogen-bond donors (Lipinski definition) is 2. The molecule has 14 heavy (non-hydrogen) atoms. The monoisotopic (exact) mass is 220 g/mol. The fraction of sp³-hybridized carbons (Fsp3) is 0.889. The standard InChI is InChI=1S/C9H20N2O2S/c1-3-5-8(10)9(12)11-6-7-14(13)4-2/h8H,3-7,10H2,1-2H3,(H,11,12)/t8-,14?/m1/s1. The van der Waals surface area contributed by atoms with Crippen molar-refractivity contribution in [1.29, 1.82) is 0 Å². The normalized spacial score (nSPS) is 14.8. The van der Waals surface area contributed by atoms with E-state index >= 15 is 0 Å². The molecule has 0 aromatic heterocycles. The van der Waals surface area contributed by atoms with E-state index in [-0.39, 0.29) is 5.91 Å². The highest BCUT2D eigenvalue weighted by Crippen LogP contribution is 1.92. The summed E-state index contributed by atoms with van der Waals surface area (Å²) in [5.74, 6) is 1.01. The van der Waals surface area contributed by atoms with Gasteiger partial charge >= 0.3 is 0 Å². The molecule has 84 valence electrons. The summed E-state index contributed by atoms with van der Waals surface area (Å²) in [6.45, 7) is 4.30. The first-order chi connectivity index (χ1) is 6.61. The van der Waals surface area contributed by atoms with Gasteiger partial charge in [-0.3, -0.25) is 9.00 Å². The van der Waals surface area contributed by atoms with Crippen molar-refractivity contribution in [2.45, 2.75) is 32.7 Å². The van der Waals surface area contributed by atoms with Gasteiger partial charge in [-0.05, 0) is 6.42 Å². The highest BCUT2D eigenvalue weighted by atomic mass is 32.2. The van der Waals surface area contributed by atoms with E-state index in [9.17, 15) is 9.00 Å². The second-order valence-electron chi connectivity index (χ2n) is 3.12. The van der Waals surface area contributed by atoms with Crippen LogP contribution in [0.15, 0.2) is 0 Å². The van der Waals surface area contributed by atoms with Crippen LogP contribution in [-0.2, 0) is 15.6 Å². The summed E-state index contributed by atoms with van der Waals surface area (Å²) >= 11 is 0. The third-order valence-electron chi connectivity index (χ3n) is 1.89. The van der Waals surface area contributed by atoms with Crippen molar-refractivity contribution in [2.75, 3.05) is 18.1 Å². The van der Waals surface area contributed by atoms with Crippen molar-refractivity contribution in [3.05, 3.63) is 0 Å². The molecule has 0 radical (unpaired) electrons. The van der Waals surface area contributed by atoms with E-state index in [2.05, 4.69) is 5.32 Å². The number of rotatable bonds is 7. The van der Waals surface area contributed by atoms with Gasteiger partial charge in [0.25, 0.3) is 0 Å². The van der Waals surface area contributed by atoms with E-state index in [1.54, 1.807) is 0 Å². The van der Waals surface area contributed by atoms with Crippen LogP contribution in [-0.4, -0.2) is 34.2 Å². The number of carbonyl (C=O) groups excluding carboxylic acids is 1. The SMILES string of the molecule is CCC[C@@H](N)C(=O)NCCS(=O)CC. The number of carbonyl (C=O) groups is 1. The lowest BCUT2D eigenvalue weighted by Crippen LogP contribution is -2.41. The van der Waals surface area contributed by atoms with Crippen molar-refractivity contribution in [3.63, 3.8) is 0 Å². The Morgan fingerprint density at radius 1 is 1.50 bits per heavy atom. The molecule has 0 fully saturated rings. The second kappa shape index (κ2) is 7.94. The summed E-state index contributed by atoms with van der Waals surface area (Å²) in [6, 6.07) is -0.421. The average Bonchev–Trinajstić information content (AvgIpc) is 2.17. The van der Waals surface area contributed by atoms with Crippen molar-refractivity contribution >= 4 is 16.7 Å². The molecule has 0 aliphatic carbocycles. The summed E-state index contributed by atoms with van der Waals surface area (Å²) in [6.07, 6.45) is 1.60. The van der Waals surface area contributed by atoms with E-state index in [1.807, 2.05) is 13.8 Å². The Labute approximate surface area is 88.1 Å². The van der Waals surface area contributed by atoms with Gasteiger partial charge in [0, 0.05) is 28.9 Å². The molecule has 0 heterocycles. The van der Waals surface area contributed by atoms with E-state index in [0.29, 0.717) is 24.5 Å². The summed E-state index contributed by atoms with van der Waals surface area (Å²) in [5, 5.41) is 2.68. The summed E-state index contributed by atoms with van der Waals surface area (Å²) in [5.41, 5.74) is 5.59. The highest BCUT2D eigenvalue weighted by molar-refractivity contribution is 7.84. The zero-order valence-corrected chi connectivity index (χ0v) is 9.73. The number of amides is 1. The molecule has 0 bridgehead atoms. The van der Waals surface area contributed by atoms with Crippen molar-refractivity contribution in [1.82, 2.24) is 5.32 Å². The Kier molecular flexibility index (Phi) is 7.70. The minimum atomic E-state index is -0.816. The van der Waals surface area contributed by atoms with Gasteiger partial charge in [0.2, 0.25) is 5.91 Å². The molecule has 0 aliphatic rings. The van der Waals surface area contributed by atoms with E-state index < -0.39 is 16.8 Å². The Bertz CT molecular complexity index is 197. The van der Waals surface area contributed by atoms with Gasteiger partial charge in [-0.25, -0.2) is 0 Å². The summed E-state index contributed by atoms with van der Waals surface area (Å²) < 4.78 is 11.0. The molecule has 0 aromatic carbocycles. The third-order valence-corrected chi connectivity index (χ3v) is 3.19. The molecule has 1 unspecified atom stereocenters. The maximum Gasteiger partial charge on any atom is 0.236 e. The molecular weight excluding hydrogens is 200 g/mol. The fourth-order valence-corrected chi connectivity index (χ4v) is 1.62. The number of hydrogen-bond acceptors (Lipinski definition) is 3. The van der Waals surface area contributed by atoms with E-state index in [1.165, 1.54) is 0 Å². The maximum atomic E-state index is 11.3. The van der Waals surface area contributed by atoms with Gasteiger partial charge in [-0.2, -0.15) is 0 Å². The van der Waals surface area contributed by atoms with E-state index in [4.69, 9.17) is 5.73 Å². The topological polar surface area (TPSA) is 72.2 Å². The van der Waals surface area contributed by atoms with Gasteiger partial charge in [-0.1, -0.05) is 20.3 Å². The first-order valence-corrected chi connectivity index (χ1v) is 6.48. The molecule has 0 saturated carbocycles. The van der Waals surface area contributed by atoms with Crippen LogP contribution in [0.25, 0.3) is 0 Å². The molecular formula is C9H20N2O2S. The molecule has 2 atom stereocenters. The molecule has 0 saturated heterocycles. The maximum absolute atomic E-state index is 11.3. The van der Waals surface area contributed by atoms with Gasteiger partial charge in [0.05, 0.1) is 6.04 Å². The lowest BCUT2D eigenvalue weighted by molar-refractivity contribution is -0.122. The molecule has 0 spiro atoms. The Hall–Kier alpha value is -0.420. The third kappa shape index (κ3) is 6.10. The Morgan fingerprint density at radius 3 is 2.64 bits per heavy atom. The Morgan fingerprint density at radius 2 is 2.14 bits per heavy atom. The minimum absolute atomic E-state index is 0.139. The number of nitrogens with one attached hydrogen (secondary N) is 1. The lowest BCUT2D eigenvalue weighted by atomic mass is 10.2. The van der Waals surface area contributed by atoms with Crippen LogP contribution in [0.1, 0.15) is 26.7 Å². The molecule has 0 aliphatic heterocycles. The van der Waals surface area contributed by atoms with Crippen LogP contribution in [0.4, 0.5) is 0 Å². The molecule has 1 amide bonds. The molecule has 0 rings (SSSR count). The zero-order valence-electron chi connectivity index (χ0n) is 8.91. The van der Waals surface area contributed by atoms with Gasteiger partial charge < -0.3 is 11.1 Å². The highest BCUT2D eigenvalue weighted by Gasteiger charge is 2.11. The van der Waals surface area contributed by atoms with Gasteiger partial charge in [0.1, 0.15) is 0 Å². The van der Waals surface area contributed by atoms with Crippen molar-refractivity contribution in [3.8, 4) is 0 Å². The van der Waals surface area contributed by atoms with Crippen LogP contribution in [0.2, 0.25) is 0 Å². The van der Waals surface area contributed by atoms with Crippen molar-refractivity contribution in [2.24, 2.45) is 5.73 Å². The smallest absolute Gasteiger partial charge is 0.236 e. The number of nitrogens with two attached hydrogens (primary N) is 1. The van der Waals surface area contributed by atoms with Crippen LogP contribution < -0.4 is 11.1 Å². The lowest BCUT2D eigenvalue weighted by Gasteiger charge is -2.10. The largest absolute Gasteiger partial charge is 0.354 e. The zero-order chi connectivity index (χ0) is 11.0. The van der Waals surface area contributed by atoms with E-state index in [0.717, 1.165) is 6.42 Å². The van der Waals surface area contributed by atoms with Gasteiger partial charge in [0.15, 0.2) is 0 Å². The first-order valence-electron chi connectivity index (χ1n) is 5.00. The van der Waals surface area contributed by atoms with Crippen LogP contribution >= 0.6 is 0 Å². The predicted molar refractivity (Wildman–Crippen MR) is 59.4 cm³/mol. The molecule has 4 nitrogen and oxygen atoms in total. The first kappa shape index (κ1) is 13.6. The summed E-state index contributed by atoms with van der Waals surface area (Å²) in [7, 11) is -0.816. The van der Waals surface area contributed by atoms with Crippen LogP contribution in [0.3, 0.4) is 0 Å². The van der Waals surface area contributed by atoms with Crippen molar-refractivity contribution < 1.29 is 9.00 Å². The van der Waals surface area contributed by atoms with Gasteiger partial charge in [-0.15, -0.1) is 0 Å². The fourth-order valence-electron chi connectivity index (χ4n) is 1.01. The Balaban J connectivity index is 3.58. The molecule has 0 aromatic rings. The quantitative estimate of drug-likeness (QED) is 0.634. The minimum Gasteiger partial charge on any atom is -0.354 e. The van der Waals surface area contributed by atoms with Crippen LogP contribution in [0.5, 0.6) is 0 Å². The average molecular weight is 220 g/mol. The predicted octanol–water partition coefficient (Wildman–Crippen LogP) is -0.00140. The van der Waals surface area contributed by atoms with Crippen LogP contribution in [0, 0.1) is 0 Å². The molecule has 3 N–H and O–H groups in total. The second-order valence-corrected chi connectivity index (χ2v) is 4.98.